The van der Waals surface area contributed by atoms with Crippen LogP contribution < -0.4 is 0 Å². The molecule has 2 saturated carbocycles. The van der Waals surface area contributed by atoms with Gasteiger partial charge in [-0.3, -0.25) is 0 Å². The lowest BCUT2D eigenvalue weighted by atomic mass is 9.49. The minimum Gasteiger partial charge on any atom is -0.544 e. The van der Waals surface area contributed by atoms with Crippen LogP contribution >= 0.6 is 0 Å². The summed E-state index contributed by atoms with van der Waals surface area (Å²) in [4.78, 5) is 0. The van der Waals surface area contributed by atoms with Crippen LogP contribution in [-0.2, 0) is 8.85 Å². The van der Waals surface area contributed by atoms with Crippen LogP contribution in [0.25, 0.3) is 0 Å². The molecule has 0 aromatic carbocycles. The highest BCUT2D eigenvalue weighted by Crippen LogP contribution is 2.64. The Balaban J connectivity index is 1.59. The van der Waals surface area contributed by atoms with Crippen molar-refractivity contribution in [3.05, 3.63) is 35.6 Å². The summed E-state index contributed by atoms with van der Waals surface area (Å²) in [6.45, 7) is 18.9. The molecule has 0 amide bonds. The molecule has 162 valence electrons. The predicted octanol–water partition coefficient (Wildman–Crippen LogP) is 7.29. The molecule has 0 bridgehead atoms. The van der Waals surface area contributed by atoms with E-state index < -0.39 is 16.6 Å². The lowest BCUT2D eigenvalue weighted by molar-refractivity contribution is -0.0466. The van der Waals surface area contributed by atoms with Gasteiger partial charge in [-0.15, -0.1) is 0 Å². The van der Waals surface area contributed by atoms with E-state index in [0.717, 1.165) is 23.5 Å². The average Bonchev–Trinajstić information content (AvgIpc) is 2.89. The van der Waals surface area contributed by atoms with Crippen molar-refractivity contribution >= 4 is 16.6 Å². The third-order valence-corrected chi connectivity index (χ3v) is 10.0. The molecule has 0 radical (unpaired) electrons. The molecule has 5 unspecified atom stereocenters. The molecule has 4 rings (SSSR count). The van der Waals surface area contributed by atoms with E-state index in [2.05, 4.69) is 77.4 Å². The summed E-state index contributed by atoms with van der Waals surface area (Å²) in [5.41, 5.74) is 2.06. The Kier molecular flexibility index (Phi) is 5.19. The highest BCUT2D eigenvalue weighted by molar-refractivity contribution is 6.70. The van der Waals surface area contributed by atoms with Crippen LogP contribution in [0.15, 0.2) is 35.6 Å². The molecule has 0 aromatic heterocycles. The van der Waals surface area contributed by atoms with Gasteiger partial charge in [0.2, 0.25) is 8.32 Å². The summed E-state index contributed by atoms with van der Waals surface area (Å²) < 4.78 is 13.0. The molecule has 4 heteroatoms. The zero-order valence-electron chi connectivity index (χ0n) is 20.0. The van der Waals surface area contributed by atoms with Crippen LogP contribution in [0.1, 0.15) is 46.0 Å². The molecular weight excluding hydrogens is 388 g/mol. The monoisotopic (exact) mass is 430 g/mol. The molecule has 6 atom stereocenters. The topological polar surface area (TPSA) is 18.5 Å². The third kappa shape index (κ3) is 3.90. The molecule has 0 heterocycles. The summed E-state index contributed by atoms with van der Waals surface area (Å²) in [5, 5.41) is 0. The molecule has 0 spiro atoms. The van der Waals surface area contributed by atoms with Crippen LogP contribution in [-0.4, -0.2) is 22.7 Å². The van der Waals surface area contributed by atoms with Crippen molar-refractivity contribution in [2.75, 3.05) is 0 Å². The van der Waals surface area contributed by atoms with Crippen LogP contribution in [0.4, 0.5) is 0 Å². The van der Waals surface area contributed by atoms with Gasteiger partial charge >= 0.3 is 0 Å². The zero-order valence-corrected chi connectivity index (χ0v) is 22.0. The average molecular weight is 431 g/mol. The fourth-order valence-electron chi connectivity index (χ4n) is 6.94. The maximum Gasteiger partial charge on any atom is 0.242 e. The lowest BCUT2D eigenvalue weighted by Crippen LogP contribution is -2.51. The maximum absolute atomic E-state index is 6.73. The summed E-state index contributed by atoms with van der Waals surface area (Å²) in [6, 6.07) is 0. The summed E-state index contributed by atoms with van der Waals surface area (Å²) in [5.74, 6) is 3.45. The standard InChI is InChI=1S/C25H42O2Si2/c1-24-15-13-19(26-28(3,4)5)17-18(24)9-10-20-21-11-12-23(27-29(6,7)8)25(21,2)16-14-22(20)24/h9,13,15,17,20-23H,10-12,14,16H2,1-8H3/t20?,21?,22?,23-,24?,25?/m0/s1. The van der Waals surface area contributed by atoms with Gasteiger partial charge in [0.25, 0.3) is 0 Å². The first-order valence-electron chi connectivity index (χ1n) is 11.8. The third-order valence-electron chi connectivity index (χ3n) is 8.16. The van der Waals surface area contributed by atoms with E-state index in [1.807, 2.05) is 0 Å². The Morgan fingerprint density at radius 3 is 2.31 bits per heavy atom. The largest absolute Gasteiger partial charge is 0.544 e. The van der Waals surface area contributed by atoms with Crippen molar-refractivity contribution in [3.8, 4) is 0 Å². The van der Waals surface area contributed by atoms with Gasteiger partial charge in [-0.1, -0.05) is 26.0 Å². The highest BCUT2D eigenvalue weighted by atomic mass is 28.4. The fraction of sp³-hybridized carbons (Fsp3) is 0.760. The van der Waals surface area contributed by atoms with Crippen molar-refractivity contribution in [3.63, 3.8) is 0 Å². The first-order valence-corrected chi connectivity index (χ1v) is 18.6. The molecule has 0 N–H and O–H groups in total. The summed E-state index contributed by atoms with van der Waals surface area (Å²) >= 11 is 0. The molecule has 2 fully saturated rings. The van der Waals surface area contributed by atoms with E-state index in [-0.39, 0.29) is 5.41 Å². The van der Waals surface area contributed by atoms with Crippen molar-refractivity contribution in [2.24, 2.45) is 28.6 Å². The predicted molar refractivity (Wildman–Crippen MR) is 128 cm³/mol. The Morgan fingerprint density at radius 2 is 1.66 bits per heavy atom. The first-order chi connectivity index (χ1) is 13.3. The Hall–Kier alpha value is -0.586. The first kappa shape index (κ1) is 21.6. The molecule has 29 heavy (non-hydrogen) atoms. The molecule has 0 aliphatic heterocycles. The van der Waals surface area contributed by atoms with E-state index in [0.29, 0.717) is 11.5 Å². The lowest BCUT2D eigenvalue weighted by Gasteiger charge is -2.56. The normalized spacial score (nSPS) is 41.8. The highest BCUT2D eigenvalue weighted by Gasteiger charge is 2.58. The van der Waals surface area contributed by atoms with Gasteiger partial charge in [0, 0.05) is 5.41 Å². The number of hydrogen-bond donors (Lipinski definition) is 0. The SMILES string of the molecule is CC12C=CC(O[Si](C)(C)C)=CC1=CCC1C2CCC2(C)C1CC[C@@H]2O[Si](C)(C)C. The second kappa shape index (κ2) is 6.96. The molecule has 0 aromatic rings. The Bertz CT molecular complexity index is 754. The van der Waals surface area contributed by atoms with E-state index >= 15 is 0 Å². The van der Waals surface area contributed by atoms with Crippen LogP contribution in [0.3, 0.4) is 0 Å². The number of allylic oxidation sites excluding steroid dienone is 5. The second-order valence-electron chi connectivity index (χ2n) is 12.5. The quantitative estimate of drug-likeness (QED) is 0.436. The van der Waals surface area contributed by atoms with Crippen molar-refractivity contribution in [1.29, 1.82) is 0 Å². The van der Waals surface area contributed by atoms with Gasteiger partial charge in [-0.25, -0.2) is 0 Å². The smallest absolute Gasteiger partial charge is 0.242 e. The minimum atomic E-state index is -1.57. The van der Waals surface area contributed by atoms with Crippen LogP contribution in [0.5, 0.6) is 0 Å². The van der Waals surface area contributed by atoms with Gasteiger partial charge in [0.15, 0.2) is 8.32 Å². The van der Waals surface area contributed by atoms with Gasteiger partial charge in [-0.05, 0) is 112 Å². The van der Waals surface area contributed by atoms with Gasteiger partial charge in [-0.2, -0.15) is 0 Å². The number of fused-ring (bicyclic) bond motifs is 5. The van der Waals surface area contributed by atoms with E-state index in [9.17, 15) is 0 Å². The van der Waals surface area contributed by atoms with Gasteiger partial charge in [0.1, 0.15) is 5.76 Å². The molecular formula is C25H42O2Si2. The zero-order chi connectivity index (χ0) is 21.2. The van der Waals surface area contributed by atoms with Crippen molar-refractivity contribution in [2.45, 2.75) is 91.3 Å². The fourth-order valence-corrected chi connectivity index (χ4v) is 9.01. The Morgan fingerprint density at radius 1 is 0.931 bits per heavy atom. The van der Waals surface area contributed by atoms with Crippen LogP contribution in [0, 0.1) is 28.6 Å². The number of hydrogen-bond acceptors (Lipinski definition) is 2. The van der Waals surface area contributed by atoms with E-state index in [1.54, 1.807) is 0 Å². The van der Waals surface area contributed by atoms with E-state index in [4.69, 9.17) is 8.85 Å². The summed E-state index contributed by atoms with van der Waals surface area (Å²) in [6.07, 6.45) is 16.7. The van der Waals surface area contributed by atoms with Crippen molar-refractivity contribution in [1.82, 2.24) is 0 Å². The van der Waals surface area contributed by atoms with Gasteiger partial charge in [0.05, 0.1) is 6.10 Å². The maximum atomic E-state index is 6.73. The molecule has 0 saturated heterocycles. The molecule has 4 aliphatic rings. The Labute approximate surface area is 181 Å². The van der Waals surface area contributed by atoms with Gasteiger partial charge < -0.3 is 8.85 Å². The number of rotatable bonds is 4. The van der Waals surface area contributed by atoms with Crippen molar-refractivity contribution < 1.29 is 8.85 Å². The minimum absolute atomic E-state index is 0.175. The summed E-state index contributed by atoms with van der Waals surface area (Å²) in [7, 11) is -3.07. The second-order valence-corrected chi connectivity index (χ2v) is 21.4. The molecule has 4 aliphatic carbocycles. The van der Waals surface area contributed by atoms with Crippen LogP contribution in [0.2, 0.25) is 39.3 Å². The van der Waals surface area contributed by atoms with E-state index in [1.165, 1.54) is 37.7 Å². The molecule has 2 nitrogen and oxygen atoms in total.